The van der Waals surface area contributed by atoms with Crippen molar-refractivity contribution in [3.8, 4) is 0 Å². The fourth-order valence-corrected chi connectivity index (χ4v) is 4.01. The largest absolute Gasteiger partial charge is 0.314 e. The number of nitrogens with one attached hydrogen (secondary N) is 1. The molecule has 1 aliphatic carbocycles. The molecule has 1 aliphatic rings. The van der Waals surface area contributed by atoms with Crippen LogP contribution in [0.2, 0.25) is 0 Å². The van der Waals surface area contributed by atoms with Crippen LogP contribution in [0.5, 0.6) is 0 Å². The molecule has 0 aromatic rings. The Bertz CT molecular complexity index is 206. The Morgan fingerprint density at radius 1 is 1.00 bits per heavy atom. The summed E-state index contributed by atoms with van der Waals surface area (Å²) in [6.45, 7) is 10.5. The second-order valence-corrected chi connectivity index (χ2v) is 6.58. The Kier molecular flexibility index (Phi) is 8.77. The predicted molar refractivity (Wildman–Crippen MR) is 86.5 cm³/mol. The molecule has 1 N–H and O–H groups in total. The first-order valence-corrected chi connectivity index (χ1v) is 9.00. The number of unbranched alkanes of at least 4 members (excludes halogenated alkanes) is 1. The maximum Gasteiger partial charge on any atom is 0.0123 e. The van der Waals surface area contributed by atoms with Crippen LogP contribution in [0.15, 0.2) is 0 Å². The Balaban J connectivity index is 2.54. The average Bonchev–Trinajstić information content (AvgIpc) is 2.47. The molecule has 1 heteroatoms. The van der Waals surface area contributed by atoms with E-state index in [1.165, 1.54) is 57.8 Å². The molecule has 0 aromatic heterocycles. The molecule has 2 unspecified atom stereocenters. The van der Waals surface area contributed by atoms with Gasteiger partial charge in [-0.2, -0.15) is 0 Å². The molecule has 1 saturated carbocycles. The molecular weight excluding hydrogens is 230 g/mol. The van der Waals surface area contributed by atoms with Crippen LogP contribution in [0.25, 0.3) is 0 Å². The molecule has 1 nitrogen and oxygen atoms in total. The second kappa shape index (κ2) is 9.80. The fourth-order valence-electron chi connectivity index (χ4n) is 4.01. The van der Waals surface area contributed by atoms with E-state index in [2.05, 4.69) is 33.0 Å². The van der Waals surface area contributed by atoms with Crippen molar-refractivity contribution in [2.45, 2.75) is 91.5 Å². The van der Waals surface area contributed by atoms with Gasteiger partial charge in [0.25, 0.3) is 0 Å². The Morgan fingerprint density at radius 2 is 1.68 bits per heavy atom. The fraction of sp³-hybridized carbons (Fsp3) is 1.00. The minimum absolute atomic E-state index is 0.791. The van der Waals surface area contributed by atoms with Crippen molar-refractivity contribution in [1.29, 1.82) is 0 Å². The predicted octanol–water partition coefficient (Wildman–Crippen LogP) is 5.40. The molecule has 114 valence electrons. The summed E-state index contributed by atoms with van der Waals surface area (Å²) >= 11 is 0. The van der Waals surface area contributed by atoms with E-state index < -0.39 is 0 Å². The third kappa shape index (κ3) is 5.45. The Hall–Kier alpha value is -0.0400. The lowest BCUT2D eigenvalue weighted by atomic mass is 9.73. The van der Waals surface area contributed by atoms with Gasteiger partial charge >= 0.3 is 0 Å². The van der Waals surface area contributed by atoms with Crippen molar-refractivity contribution in [2.24, 2.45) is 17.8 Å². The van der Waals surface area contributed by atoms with Crippen LogP contribution in [-0.4, -0.2) is 12.6 Å². The topological polar surface area (TPSA) is 12.0 Å². The van der Waals surface area contributed by atoms with Crippen molar-refractivity contribution >= 4 is 0 Å². The van der Waals surface area contributed by atoms with Crippen molar-refractivity contribution in [1.82, 2.24) is 5.32 Å². The van der Waals surface area contributed by atoms with Crippen molar-refractivity contribution in [3.05, 3.63) is 0 Å². The summed E-state index contributed by atoms with van der Waals surface area (Å²) in [4.78, 5) is 0. The van der Waals surface area contributed by atoms with E-state index in [4.69, 9.17) is 0 Å². The van der Waals surface area contributed by atoms with Crippen LogP contribution in [0, 0.1) is 17.8 Å². The second-order valence-electron chi connectivity index (χ2n) is 6.58. The standard InChI is InChI=1S/C18H37N/c1-5-9-10-16(7-3)18(19-8-4)17-13-11-15(6-2)12-14-17/h15-19H,5-14H2,1-4H3. The van der Waals surface area contributed by atoms with Crippen LogP contribution in [-0.2, 0) is 0 Å². The van der Waals surface area contributed by atoms with Gasteiger partial charge in [-0.3, -0.25) is 0 Å². The van der Waals surface area contributed by atoms with Gasteiger partial charge in [0.05, 0.1) is 0 Å². The van der Waals surface area contributed by atoms with Crippen LogP contribution in [0.3, 0.4) is 0 Å². The Labute approximate surface area is 121 Å². The zero-order chi connectivity index (χ0) is 14.1. The van der Waals surface area contributed by atoms with Crippen LogP contribution in [0.1, 0.15) is 85.5 Å². The summed E-state index contributed by atoms with van der Waals surface area (Å²) in [6.07, 6.45) is 12.8. The van der Waals surface area contributed by atoms with Gasteiger partial charge in [0.15, 0.2) is 0 Å². The maximum atomic E-state index is 3.85. The van der Waals surface area contributed by atoms with E-state index in [1.807, 2.05) is 0 Å². The van der Waals surface area contributed by atoms with E-state index in [9.17, 15) is 0 Å². The highest BCUT2D eigenvalue weighted by molar-refractivity contribution is 4.86. The summed E-state index contributed by atoms with van der Waals surface area (Å²) in [5.41, 5.74) is 0. The molecule has 19 heavy (non-hydrogen) atoms. The van der Waals surface area contributed by atoms with Crippen molar-refractivity contribution < 1.29 is 0 Å². The number of hydrogen-bond donors (Lipinski definition) is 1. The van der Waals surface area contributed by atoms with Gasteiger partial charge in [-0.25, -0.2) is 0 Å². The van der Waals surface area contributed by atoms with Crippen LogP contribution >= 0.6 is 0 Å². The molecule has 2 atom stereocenters. The van der Waals surface area contributed by atoms with E-state index in [1.54, 1.807) is 0 Å². The smallest absolute Gasteiger partial charge is 0.0123 e. The van der Waals surface area contributed by atoms with E-state index in [0.717, 1.165) is 30.3 Å². The molecule has 0 radical (unpaired) electrons. The quantitative estimate of drug-likeness (QED) is 0.590. The lowest BCUT2D eigenvalue weighted by Gasteiger charge is -2.38. The molecule has 0 aromatic carbocycles. The molecule has 1 rings (SSSR count). The molecule has 0 aliphatic heterocycles. The summed E-state index contributed by atoms with van der Waals surface area (Å²) < 4.78 is 0. The summed E-state index contributed by atoms with van der Waals surface area (Å²) in [5, 5.41) is 3.85. The van der Waals surface area contributed by atoms with Gasteiger partial charge in [0.2, 0.25) is 0 Å². The number of rotatable bonds is 9. The summed E-state index contributed by atoms with van der Waals surface area (Å²) in [7, 11) is 0. The lowest BCUT2D eigenvalue weighted by Crippen LogP contribution is -2.43. The first-order chi connectivity index (χ1) is 9.26. The van der Waals surface area contributed by atoms with E-state index >= 15 is 0 Å². The van der Waals surface area contributed by atoms with Gasteiger partial charge in [0, 0.05) is 6.04 Å². The lowest BCUT2D eigenvalue weighted by molar-refractivity contribution is 0.167. The average molecular weight is 268 g/mol. The van der Waals surface area contributed by atoms with Crippen molar-refractivity contribution in [2.75, 3.05) is 6.54 Å². The zero-order valence-corrected chi connectivity index (χ0v) is 13.9. The molecule has 0 amide bonds. The van der Waals surface area contributed by atoms with Gasteiger partial charge in [-0.05, 0) is 43.6 Å². The SMILES string of the molecule is CCCCC(CC)C(NCC)C1CCC(CC)CC1. The highest BCUT2D eigenvalue weighted by atomic mass is 14.9. The summed E-state index contributed by atoms with van der Waals surface area (Å²) in [5.74, 6) is 2.88. The van der Waals surface area contributed by atoms with Gasteiger partial charge < -0.3 is 5.32 Å². The van der Waals surface area contributed by atoms with Gasteiger partial charge in [-0.1, -0.05) is 66.2 Å². The molecule has 0 saturated heterocycles. The third-order valence-electron chi connectivity index (χ3n) is 5.38. The highest BCUT2D eigenvalue weighted by Gasteiger charge is 2.30. The van der Waals surface area contributed by atoms with Crippen LogP contribution in [0.4, 0.5) is 0 Å². The first kappa shape index (κ1) is 17.0. The molecule has 0 spiro atoms. The molecule has 0 bridgehead atoms. The highest BCUT2D eigenvalue weighted by Crippen LogP contribution is 2.36. The minimum atomic E-state index is 0.791. The monoisotopic (exact) mass is 267 g/mol. The van der Waals surface area contributed by atoms with Crippen LogP contribution < -0.4 is 5.32 Å². The molecular formula is C18H37N. The zero-order valence-electron chi connectivity index (χ0n) is 13.9. The molecule has 1 fully saturated rings. The van der Waals surface area contributed by atoms with Gasteiger partial charge in [-0.15, -0.1) is 0 Å². The minimum Gasteiger partial charge on any atom is -0.314 e. The third-order valence-corrected chi connectivity index (χ3v) is 5.38. The first-order valence-electron chi connectivity index (χ1n) is 9.00. The van der Waals surface area contributed by atoms with E-state index in [0.29, 0.717) is 0 Å². The normalized spacial score (nSPS) is 27.2. The molecule has 0 heterocycles. The maximum absolute atomic E-state index is 3.85. The Morgan fingerprint density at radius 3 is 2.16 bits per heavy atom. The number of hydrogen-bond acceptors (Lipinski definition) is 1. The van der Waals surface area contributed by atoms with E-state index in [-0.39, 0.29) is 0 Å². The summed E-state index contributed by atoms with van der Waals surface area (Å²) in [6, 6.07) is 0.791. The van der Waals surface area contributed by atoms with Crippen molar-refractivity contribution in [3.63, 3.8) is 0 Å². The van der Waals surface area contributed by atoms with Gasteiger partial charge in [0.1, 0.15) is 0 Å².